The Morgan fingerprint density at radius 1 is 1.20 bits per heavy atom. The number of thiophene rings is 1. The first-order chi connectivity index (χ1) is 7.33. The van der Waals surface area contributed by atoms with Gasteiger partial charge in [-0.25, -0.2) is 0 Å². The molecule has 0 atom stereocenters. The van der Waals surface area contributed by atoms with Crippen molar-refractivity contribution in [3.8, 4) is 0 Å². The minimum Gasteiger partial charge on any atom is -0.312 e. The Morgan fingerprint density at radius 2 is 2.00 bits per heavy atom. The lowest BCUT2D eigenvalue weighted by Crippen LogP contribution is -2.13. The zero-order valence-electron chi connectivity index (χ0n) is 9.39. The van der Waals surface area contributed by atoms with Gasteiger partial charge in [0.05, 0.1) is 3.79 Å². The zero-order chi connectivity index (χ0) is 10.9. The third-order valence-corrected chi connectivity index (χ3v) is 4.01. The second kappa shape index (κ2) is 8.31. The summed E-state index contributed by atoms with van der Waals surface area (Å²) in [6, 6.07) is 4.29. The average Bonchev–Trinajstić information content (AvgIpc) is 2.63. The highest BCUT2D eigenvalue weighted by molar-refractivity contribution is 9.11. The van der Waals surface area contributed by atoms with Crippen LogP contribution in [0.2, 0.25) is 0 Å². The molecule has 0 aromatic carbocycles. The van der Waals surface area contributed by atoms with E-state index in [1.807, 2.05) is 11.3 Å². The largest absolute Gasteiger partial charge is 0.312 e. The Kier molecular flexibility index (Phi) is 7.32. The topological polar surface area (TPSA) is 12.0 Å². The van der Waals surface area contributed by atoms with Gasteiger partial charge in [0.2, 0.25) is 0 Å². The minimum absolute atomic E-state index is 1.02. The van der Waals surface area contributed by atoms with Gasteiger partial charge in [0.1, 0.15) is 0 Å². The van der Waals surface area contributed by atoms with Crippen LogP contribution in [-0.2, 0) is 6.54 Å². The maximum atomic E-state index is 3.48. The van der Waals surface area contributed by atoms with E-state index in [1.54, 1.807) is 0 Å². The van der Waals surface area contributed by atoms with Gasteiger partial charge in [0, 0.05) is 11.4 Å². The standard InChI is InChI=1S/C12H20BrNS/c1-2-3-4-5-6-9-14-10-11-7-8-12(13)15-11/h7-8,14H,2-6,9-10H2,1H3. The summed E-state index contributed by atoms with van der Waals surface area (Å²) in [5.41, 5.74) is 0. The van der Waals surface area contributed by atoms with Crippen LogP contribution in [0.4, 0.5) is 0 Å². The predicted molar refractivity (Wildman–Crippen MR) is 72.5 cm³/mol. The highest BCUT2D eigenvalue weighted by Crippen LogP contribution is 2.21. The molecule has 1 aromatic heterocycles. The second-order valence-corrected chi connectivity index (χ2v) is 6.34. The van der Waals surface area contributed by atoms with Crippen molar-refractivity contribution < 1.29 is 0 Å². The lowest BCUT2D eigenvalue weighted by atomic mass is 10.1. The Labute approximate surface area is 105 Å². The van der Waals surface area contributed by atoms with Crippen molar-refractivity contribution in [1.29, 1.82) is 0 Å². The van der Waals surface area contributed by atoms with Gasteiger partial charge < -0.3 is 5.32 Å². The van der Waals surface area contributed by atoms with Gasteiger partial charge in [-0.2, -0.15) is 0 Å². The van der Waals surface area contributed by atoms with Crippen molar-refractivity contribution in [2.75, 3.05) is 6.54 Å². The van der Waals surface area contributed by atoms with Crippen LogP contribution in [0.1, 0.15) is 43.9 Å². The maximum absolute atomic E-state index is 3.48. The molecule has 0 saturated carbocycles. The second-order valence-electron chi connectivity index (χ2n) is 3.80. The Morgan fingerprint density at radius 3 is 2.67 bits per heavy atom. The van der Waals surface area contributed by atoms with Crippen LogP contribution in [0.5, 0.6) is 0 Å². The number of nitrogens with one attached hydrogen (secondary N) is 1. The summed E-state index contributed by atoms with van der Waals surface area (Å²) in [5.74, 6) is 0. The lowest BCUT2D eigenvalue weighted by Gasteiger charge is -2.02. The van der Waals surface area contributed by atoms with Gasteiger partial charge in [-0.3, -0.25) is 0 Å². The first-order valence-electron chi connectivity index (χ1n) is 5.78. The first-order valence-corrected chi connectivity index (χ1v) is 7.39. The molecule has 1 aromatic rings. The van der Waals surface area contributed by atoms with Crippen LogP contribution in [0.15, 0.2) is 15.9 Å². The predicted octanol–water partition coefficient (Wildman–Crippen LogP) is 4.57. The van der Waals surface area contributed by atoms with Gasteiger partial charge in [-0.1, -0.05) is 32.6 Å². The van der Waals surface area contributed by atoms with E-state index in [2.05, 4.69) is 40.3 Å². The SMILES string of the molecule is CCCCCCCNCc1ccc(Br)s1. The number of unbranched alkanes of at least 4 members (excludes halogenated alkanes) is 4. The molecule has 1 heterocycles. The molecule has 1 nitrogen and oxygen atoms in total. The van der Waals surface area contributed by atoms with Crippen LogP contribution >= 0.6 is 27.3 Å². The summed E-state index contributed by atoms with van der Waals surface area (Å²) in [4.78, 5) is 1.41. The van der Waals surface area contributed by atoms with E-state index in [9.17, 15) is 0 Å². The highest BCUT2D eigenvalue weighted by Gasteiger charge is 1.96. The Bertz CT molecular complexity index is 260. The molecule has 1 rings (SSSR count). The number of halogens is 1. The quantitative estimate of drug-likeness (QED) is 0.691. The van der Waals surface area contributed by atoms with Gasteiger partial charge in [0.25, 0.3) is 0 Å². The van der Waals surface area contributed by atoms with E-state index in [0.29, 0.717) is 0 Å². The summed E-state index contributed by atoms with van der Waals surface area (Å²) in [5, 5.41) is 3.48. The first kappa shape index (κ1) is 13.2. The van der Waals surface area contributed by atoms with Crippen LogP contribution in [0.3, 0.4) is 0 Å². The third-order valence-electron chi connectivity index (χ3n) is 2.39. The fourth-order valence-electron chi connectivity index (χ4n) is 1.51. The minimum atomic E-state index is 1.02. The van der Waals surface area contributed by atoms with Crippen LogP contribution < -0.4 is 5.32 Å². The molecule has 15 heavy (non-hydrogen) atoms. The summed E-state index contributed by atoms with van der Waals surface area (Å²) in [6.07, 6.45) is 6.79. The molecule has 3 heteroatoms. The molecule has 0 bridgehead atoms. The highest BCUT2D eigenvalue weighted by atomic mass is 79.9. The van der Waals surface area contributed by atoms with Crippen LogP contribution in [0.25, 0.3) is 0 Å². The summed E-state index contributed by atoms with van der Waals surface area (Å²) >= 11 is 5.29. The van der Waals surface area contributed by atoms with E-state index in [0.717, 1.165) is 13.1 Å². The summed E-state index contributed by atoms with van der Waals surface area (Å²) in [6.45, 7) is 4.43. The van der Waals surface area contributed by atoms with Gasteiger partial charge in [-0.05, 0) is 41.0 Å². The molecule has 0 saturated heterocycles. The van der Waals surface area contributed by atoms with Crippen LogP contribution in [-0.4, -0.2) is 6.54 Å². The Balaban J connectivity index is 1.93. The average molecular weight is 290 g/mol. The molecule has 1 N–H and O–H groups in total. The molecule has 0 aliphatic carbocycles. The molecular weight excluding hydrogens is 270 g/mol. The van der Waals surface area contributed by atoms with E-state index in [4.69, 9.17) is 0 Å². The van der Waals surface area contributed by atoms with Crippen molar-refractivity contribution in [2.24, 2.45) is 0 Å². The summed E-state index contributed by atoms with van der Waals surface area (Å²) < 4.78 is 1.22. The number of hydrogen-bond donors (Lipinski definition) is 1. The van der Waals surface area contributed by atoms with Gasteiger partial charge in [0.15, 0.2) is 0 Å². The van der Waals surface area contributed by atoms with Crippen molar-refractivity contribution in [2.45, 2.75) is 45.6 Å². The van der Waals surface area contributed by atoms with E-state index >= 15 is 0 Å². The third kappa shape index (κ3) is 6.33. The van der Waals surface area contributed by atoms with Crippen molar-refractivity contribution in [3.63, 3.8) is 0 Å². The van der Waals surface area contributed by atoms with Gasteiger partial charge in [-0.15, -0.1) is 11.3 Å². The molecule has 0 aliphatic heterocycles. The zero-order valence-corrected chi connectivity index (χ0v) is 11.8. The van der Waals surface area contributed by atoms with Crippen LogP contribution in [0, 0.1) is 0 Å². The number of hydrogen-bond acceptors (Lipinski definition) is 2. The maximum Gasteiger partial charge on any atom is 0.0701 e. The van der Waals surface area contributed by atoms with Crippen molar-refractivity contribution in [1.82, 2.24) is 5.32 Å². The van der Waals surface area contributed by atoms with Gasteiger partial charge >= 0.3 is 0 Å². The molecule has 0 fully saturated rings. The fourth-order valence-corrected chi connectivity index (χ4v) is 2.96. The molecule has 86 valence electrons. The number of rotatable bonds is 8. The molecular formula is C12H20BrNS. The molecule has 0 radical (unpaired) electrons. The van der Waals surface area contributed by atoms with Crippen molar-refractivity contribution >= 4 is 27.3 Å². The molecule has 0 aliphatic rings. The van der Waals surface area contributed by atoms with E-state index < -0.39 is 0 Å². The van der Waals surface area contributed by atoms with Crippen molar-refractivity contribution in [3.05, 3.63) is 20.8 Å². The van der Waals surface area contributed by atoms with E-state index in [1.165, 1.54) is 40.8 Å². The molecule has 0 unspecified atom stereocenters. The smallest absolute Gasteiger partial charge is 0.0701 e. The summed E-state index contributed by atoms with van der Waals surface area (Å²) in [7, 11) is 0. The molecule has 0 amide bonds. The Hall–Kier alpha value is 0.140. The fraction of sp³-hybridized carbons (Fsp3) is 0.667. The molecule has 0 spiro atoms. The monoisotopic (exact) mass is 289 g/mol. The lowest BCUT2D eigenvalue weighted by molar-refractivity contribution is 0.585. The normalized spacial score (nSPS) is 10.8. The van der Waals surface area contributed by atoms with E-state index in [-0.39, 0.29) is 0 Å².